The van der Waals surface area contributed by atoms with Crippen molar-refractivity contribution in [1.29, 1.82) is 0 Å². The fourth-order valence-electron chi connectivity index (χ4n) is 6.58. The van der Waals surface area contributed by atoms with Crippen molar-refractivity contribution in [2.24, 2.45) is 16.7 Å². The summed E-state index contributed by atoms with van der Waals surface area (Å²) in [5.74, 6) is -0.618. The van der Waals surface area contributed by atoms with Gasteiger partial charge in [-0.05, 0) is 50.2 Å². The molecule has 9 nitrogen and oxygen atoms in total. The average Bonchev–Trinajstić information content (AvgIpc) is 3.16. The maximum Gasteiger partial charge on any atom is 0.453 e. The predicted octanol–water partition coefficient (Wildman–Crippen LogP) is 2.81. The number of amides is 2. The van der Waals surface area contributed by atoms with Gasteiger partial charge in [-0.2, -0.15) is 13.2 Å². The van der Waals surface area contributed by atoms with Crippen LogP contribution in [0.25, 0.3) is 0 Å². The van der Waals surface area contributed by atoms with Crippen molar-refractivity contribution in [3.63, 3.8) is 0 Å². The van der Waals surface area contributed by atoms with E-state index in [-0.39, 0.29) is 27.8 Å². The fourth-order valence-corrected chi connectivity index (χ4v) is 7.14. The molecule has 194 valence electrons. The molecule has 6 rings (SSSR count). The number of hydrogen-bond donors (Lipinski definition) is 0. The molecule has 2 aromatic heterocycles. The van der Waals surface area contributed by atoms with E-state index in [0.717, 1.165) is 44.4 Å². The molecule has 0 N–H and O–H groups in total. The van der Waals surface area contributed by atoms with E-state index in [1.54, 1.807) is 12.1 Å². The Labute approximate surface area is 206 Å². The van der Waals surface area contributed by atoms with Crippen molar-refractivity contribution in [3.8, 4) is 0 Å². The number of pyridine rings is 1. The van der Waals surface area contributed by atoms with Crippen LogP contribution in [0, 0.1) is 16.7 Å². The third kappa shape index (κ3) is 4.04. The van der Waals surface area contributed by atoms with Crippen molar-refractivity contribution in [3.05, 3.63) is 36.2 Å². The van der Waals surface area contributed by atoms with Gasteiger partial charge in [-0.25, -0.2) is 22.9 Å². The summed E-state index contributed by atoms with van der Waals surface area (Å²) in [6, 6.07) is 3.34. The number of rotatable bonds is 4. The first-order valence-corrected chi connectivity index (χ1v) is 13.9. The molecule has 36 heavy (non-hydrogen) atoms. The highest BCUT2D eigenvalue weighted by molar-refractivity contribution is 7.90. The molecule has 2 aliphatic heterocycles. The lowest BCUT2D eigenvalue weighted by molar-refractivity contribution is -0.145. The van der Waals surface area contributed by atoms with Crippen LogP contribution >= 0.6 is 0 Å². The number of hydrogen-bond acceptors (Lipinski definition) is 6. The molecule has 0 unspecified atom stereocenters. The second kappa shape index (κ2) is 7.65. The van der Waals surface area contributed by atoms with Gasteiger partial charge in [0.1, 0.15) is 6.33 Å². The Balaban J connectivity index is 0.926. The molecule has 4 heterocycles. The summed E-state index contributed by atoms with van der Waals surface area (Å²) in [6.07, 6.45) is 3.50. The Morgan fingerprint density at radius 1 is 1.03 bits per heavy atom. The van der Waals surface area contributed by atoms with Crippen LogP contribution in [-0.4, -0.2) is 76.4 Å². The van der Waals surface area contributed by atoms with Crippen LogP contribution in [0.3, 0.4) is 0 Å². The number of aromatic nitrogens is 4. The molecule has 2 amide bonds. The lowest BCUT2D eigenvalue weighted by atomic mass is 9.56. The van der Waals surface area contributed by atoms with Crippen LogP contribution in [0.5, 0.6) is 0 Å². The summed E-state index contributed by atoms with van der Waals surface area (Å²) in [4.78, 5) is 24.5. The highest BCUT2D eigenvalue weighted by atomic mass is 32.2. The Morgan fingerprint density at radius 3 is 2.14 bits per heavy atom. The Kier molecular flexibility index (Phi) is 5.04. The molecule has 2 saturated heterocycles. The third-order valence-corrected chi connectivity index (χ3v) is 9.38. The Bertz CT molecular complexity index is 1280. The number of nitrogens with zero attached hydrogens (tertiary/aromatic N) is 6. The van der Waals surface area contributed by atoms with Gasteiger partial charge in [0, 0.05) is 55.2 Å². The van der Waals surface area contributed by atoms with Crippen LogP contribution < -0.4 is 0 Å². The monoisotopic (exact) mass is 524 g/mol. The van der Waals surface area contributed by atoms with E-state index >= 15 is 0 Å². The van der Waals surface area contributed by atoms with E-state index in [0.29, 0.717) is 31.8 Å². The van der Waals surface area contributed by atoms with E-state index in [1.807, 2.05) is 9.80 Å². The van der Waals surface area contributed by atoms with Gasteiger partial charge in [0.05, 0.1) is 10.9 Å². The minimum Gasteiger partial charge on any atom is -0.323 e. The molecule has 4 aliphatic rings. The van der Waals surface area contributed by atoms with E-state index in [2.05, 4.69) is 15.1 Å². The molecule has 2 aliphatic carbocycles. The molecular weight excluding hydrogens is 497 g/mol. The second-order valence-corrected chi connectivity index (χ2v) is 13.4. The lowest BCUT2D eigenvalue weighted by Gasteiger charge is -2.63. The summed E-state index contributed by atoms with van der Waals surface area (Å²) in [5.41, 5.74) is 1.08. The van der Waals surface area contributed by atoms with Crippen LogP contribution in [0.4, 0.5) is 18.0 Å². The number of carbonyl (C=O) groups excluding carboxylic acids is 1. The highest BCUT2D eigenvalue weighted by Gasteiger charge is 2.58. The molecule has 0 aromatic carbocycles. The van der Waals surface area contributed by atoms with Gasteiger partial charge in [0.25, 0.3) is 5.82 Å². The SMILES string of the molecule is CS(=O)(=O)c1ccc(CC2CC3(C2)CN(C(=O)N2CC4(CC(n5cnc(C(F)(F)F)n5)C4)C2)C3)nc1. The van der Waals surface area contributed by atoms with Crippen LogP contribution in [-0.2, 0) is 22.4 Å². The van der Waals surface area contributed by atoms with Gasteiger partial charge in [-0.1, -0.05) is 0 Å². The molecule has 2 saturated carbocycles. The molecular formula is C23H27F3N6O3S. The Morgan fingerprint density at radius 2 is 1.64 bits per heavy atom. The van der Waals surface area contributed by atoms with Gasteiger partial charge >= 0.3 is 12.2 Å². The lowest BCUT2D eigenvalue weighted by Crippen LogP contribution is -2.71. The maximum atomic E-state index is 12.9. The zero-order chi connectivity index (χ0) is 25.5. The van der Waals surface area contributed by atoms with Gasteiger partial charge < -0.3 is 9.80 Å². The van der Waals surface area contributed by atoms with Crippen molar-refractivity contribution >= 4 is 15.9 Å². The highest BCUT2D eigenvalue weighted by Crippen LogP contribution is 2.56. The normalized spacial score (nSPS) is 23.2. The zero-order valence-corrected chi connectivity index (χ0v) is 20.6. The number of urea groups is 1. The van der Waals surface area contributed by atoms with Crippen LogP contribution in [0.1, 0.15) is 43.2 Å². The third-order valence-electron chi connectivity index (χ3n) is 8.29. The van der Waals surface area contributed by atoms with Gasteiger partial charge in [-0.3, -0.25) is 4.98 Å². The fraction of sp³-hybridized carbons (Fsp3) is 0.652. The van der Waals surface area contributed by atoms with Gasteiger partial charge in [0.2, 0.25) is 0 Å². The van der Waals surface area contributed by atoms with Crippen molar-refractivity contribution < 1.29 is 26.4 Å². The van der Waals surface area contributed by atoms with Crippen molar-refractivity contribution in [2.75, 3.05) is 32.4 Å². The maximum absolute atomic E-state index is 12.9. The molecule has 2 spiro atoms. The van der Waals surface area contributed by atoms with Gasteiger partial charge in [-0.15, -0.1) is 5.10 Å². The largest absolute Gasteiger partial charge is 0.453 e. The molecule has 4 fully saturated rings. The molecule has 0 radical (unpaired) electrons. The number of carbonyl (C=O) groups is 1. The predicted molar refractivity (Wildman–Crippen MR) is 120 cm³/mol. The first kappa shape index (κ1) is 23.7. The van der Waals surface area contributed by atoms with Crippen LogP contribution in [0.2, 0.25) is 0 Å². The summed E-state index contributed by atoms with van der Waals surface area (Å²) < 4.78 is 62.6. The molecule has 0 bridgehead atoms. The van der Waals surface area contributed by atoms with E-state index in [1.165, 1.54) is 17.1 Å². The smallest absolute Gasteiger partial charge is 0.323 e. The Hall–Kier alpha value is -2.70. The zero-order valence-electron chi connectivity index (χ0n) is 19.8. The summed E-state index contributed by atoms with van der Waals surface area (Å²) in [7, 11) is -3.24. The number of likely N-dealkylation sites (tertiary alicyclic amines) is 2. The first-order chi connectivity index (χ1) is 16.8. The van der Waals surface area contributed by atoms with Crippen LogP contribution in [0.15, 0.2) is 29.6 Å². The quantitative estimate of drug-likeness (QED) is 0.610. The minimum atomic E-state index is -4.54. The summed E-state index contributed by atoms with van der Waals surface area (Å²) >= 11 is 0. The van der Waals surface area contributed by atoms with Gasteiger partial charge in [0.15, 0.2) is 9.84 Å². The summed E-state index contributed by atoms with van der Waals surface area (Å²) in [6.45, 7) is 2.80. The first-order valence-electron chi connectivity index (χ1n) is 12.0. The second-order valence-electron chi connectivity index (χ2n) is 11.3. The summed E-state index contributed by atoms with van der Waals surface area (Å²) in [5, 5.41) is 3.57. The average molecular weight is 525 g/mol. The van der Waals surface area contributed by atoms with Crippen molar-refractivity contribution in [2.45, 2.75) is 49.2 Å². The van der Waals surface area contributed by atoms with E-state index in [9.17, 15) is 26.4 Å². The standard InChI is InChI=1S/C23H27F3N6O3S/c1-36(34,35)18-3-2-16(27-9-18)4-15-5-21(6-15)10-30(11-21)20(33)31-12-22(13-31)7-17(8-22)32-14-28-19(29-32)23(24,25)26/h2-3,9,14-15,17H,4-8,10-13H2,1H3. The number of sulfone groups is 1. The topological polar surface area (TPSA) is 101 Å². The van der Waals surface area contributed by atoms with E-state index in [4.69, 9.17) is 0 Å². The van der Waals surface area contributed by atoms with Crippen molar-refractivity contribution in [1.82, 2.24) is 29.5 Å². The number of alkyl halides is 3. The molecule has 2 aromatic rings. The minimum absolute atomic E-state index is 0.00551. The molecule has 0 atom stereocenters. The van der Waals surface area contributed by atoms with E-state index < -0.39 is 21.8 Å². The molecule has 13 heteroatoms. The number of halogens is 3.